The molecule has 0 radical (unpaired) electrons. The lowest BCUT2D eigenvalue weighted by Crippen LogP contribution is -2.45. The van der Waals surface area contributed by atoms with Crippen molar-refractivity contribution in [2.75, 3.05) is 0 Å². The van der Waals surface area contributed by atoms with Gasteiger partial charge in [-0.3, -0.25) is 4.79 Å². The molecule has 1 heterocycles. The predicted molar refractivity (Wildman–Crippen MR) is 94.8 cm³/mol. The summed E-state index contributed by atoms with van der Waals surface area (Å²) >= 11 is 0. The number of amides is 1. The molecule has 0 saturated heterocycles. The Morgan fingerprint density at radius 2 is 1.96 bits per heavy atom. The highest BCUT2D eigenvalue weighted by Crippen LogP contribution is 2.29. The van der Waals surface area contributed by atoms with E-state index in [1.54, 1.807) is 0 Å². The first-order valence-corrected chi connectivity index (χ1v) is 8.86. The zero-order chi connectivity index (χ0) is 18.0. The van der Waals surface area contributed by atoms with E-state index in [0.717, 1.165) is 36.7 Å². The molecule has 1 aromatic heterocycles. The average Bonchev–Trinajstić information content (AvgIpc) is 3.21. The summed E-state index contributed by atoms with van der Waals surface area (Å²) in [6, 6.07) is 7.24. The van der Waals surface area contributed by atoms with Crippen LogP contribution in [0, 0.1) is 5.92 Å². The zero-order valence-corrected chi connectivity index (χ0v) is 15.0. The Morgan fingerprint density at radius 3 is 2.60 bits per heavy atom. The molecule has 1 aliphatic carbocycles. The Labute approximate surface area is 147 Å². The molecule has 2 atom stereocenters. The summed E-state index contributed by atoms with van der Waals surface area (Å²) < 4.78 is 7.63. The quantitative estimate of drug-likeness (QED) is 0.847. The Morgan fingerprint density at radius 1 is 1.28 bits per heavy atom. The number of fused-ring (bicyclic) bond motifs is 1. The second-order valence-electron chi connectivity index (χ2n) is 6.82. The number of hydrogen-bond acceptors (Lipinski definition) is 4. The number of hydrogen-bond donors (Lipinski definition) is 1. The van der Waals surface area contributed by atoms with Crippen LogP contribution in [0.15, 0.2) is 24.3 Å². The van der Waals surface area contributed by atoms with E-state index in [0.29, 0.717) is 5.82 Å². The molecular formula is C19H25N3O3. The van der Waals surface area contributed by atoms with Crippen molar-refractivity contribution in [3.63, 3.8) is 0 Å². The van der Waals surface area contributed by atoms with Crippen LogP contribution in [-0.4, -0.2) is 27.5 Å². The highest BCUT2D eigenvalue weighted by molar-refractivity contribution is 5.83. The van der Waals surface area contributed by atoms with Gasteiger partial charge in [-0.25, -0.2) is 9.78 Å². The van der Waals surface area contributed by atoms with Gasteiger partial charge in [-0.05, 0) is 37.8 Å². The second kappa shape index (κ2) is 7.25. The van der Waals surface area contributed by atoms with Crippen molar-refractivity contribution >= 4 is 22.9 Å². The molecule has 1 amide bonds. The lowest BCUT2D eigenvalue weighted by atomic mass is 9.98. The van der Waals surface area contributed by atoms with Crippen molar-refractivity contribution in [1.82, 2.24) is 14.9 Å². The Balaban J connectivity index is 1.77. The molecule has 6 heteroatoms. The number of para-hydroxylation sites is 2. The number of imidazole rings is 1. The van der Waals surface area contributed by atoms with Gasteiger partial charge in [-0.2, -0.15) is 0 Å². The molecule has 2 unspecified atom stereocenters. The van der Waals surface area contributed by atoms with Crippen LogP contribution >= 0.6 is 0 Å². The summed E-state index contributed by atoms with van der Waals surface area (Å²) in [5.41, 5.74) is 1.87. The number of nitrogens with zero attached hydrogens (tertiary/aromatic N) is 2. The average molecular weight is 343 g/mol. The lowest BCUT2D eigenvalue weighted by Gasteiger charge is -2.24. The number of carbonyl (C=O) groups excluding carboxylic acids is 2. The zero-order valence-electron chi connectivity index (χ0n) is 15.0. The number of aryl methyl sites for hydroxylation is 1. The molecule has 3 rings (SSSR count). The van der Waals surface area contributed by atoms with Gasteiger partial charge < -0.3 is 14.6 Å². The third-order valence-corrected chi connectivity index (χ3v) is 4.96. The fourth-order valence-corrected chi connectivity index (χ4v) is 3.71. The van der Waals surface area contributed by atoms with Crippen LogP contribution in [0.25, 0.3) is 11.0 Å². The van der Waals surface area contributed by atoms with Gasteiger partial charge >= 0.3 is 5.97 Å². The summed E-state index contributed by atoms with van der Waals surface area (Å²) in [5.74, 6) is 0.275. The number of aromatic nitrogens is 2. The Bertz CT molecular complexity index is 777. The Hall–Kier alpha value is -2.37. The summed E-state index contributed by atoms with van der Waals surface area (Å²) in [7, 11) is 1.91. The number of esters is 1. The molecule has 134 valence electrons. The van der Waals surface area contributed by atoms with Crippen LogP contribution in [0.1, 0.15) is 51.5 Å². The van der Waals surface area contributed by atoms with Crippen molar-refractivity contribution in [2.24, 2.45) is 13.0 Å². The summed E-state index contributed by atoms with van der Waals surface area (Å²) in [6.07, 6.45) is 3.59. The van der Waals surface area contributed by atoms with E-state index in [9.17, 15) is 9.59 Å². The lowest BCUT2D eigenvalue weighted by molar-refractivity contribution is -0.154. The van der Waals surface area contributed by atoms with Crippen LogP contribution in [0.4, 0.5) is 0 Å². The van der Waals surface area contributed by atoms with E-state index in [4.69, 9.17) is 4.74 Å². The van der Waals surface area contributed by atoms with Crippen molar-refractivity contribution in [1.29, 1.82) is 0 Å². The van der Waals surface area contributed by atoms with E-state index in [-0.39, 0.29) is 17.8 Å². The highest BCUT2D eigenvalue weighted by atomic mass is 16.5. The van der Waals surface area contributed by atoms with Crippen molar-refractivity contribution in [3.05, 3.63) is 30.1 Å². The number of rotatable bonds is 5. The third-order valence-electron chi connectivity index (χ3n) is 4.96. The van der Waals surface area contributed by atoms with Crippen LogP contribution < -0.4 is 5.32 Å². The van der Waals surface area contributed by atoms with Gasteiger partial charge in [0.1, 0.15) is 6.04 Å². The maximum Gasteiger partial charge on any atom is 0.329 e. The van der Waals surface area contributed by atoms with Crippen LogP contribution in [0.2, 0.25) is 0 Å². The van der Waals surface area contributed by atoms with Gasteiger partial charge in [0.25, 0.3) is 0 Å². The standard InChI is InChI=1S/C19H25N3O3/c1-12(18-21-15-10-6-7-11-16(15)22(18)3)25-19(24)17(20-13(2)23)14-8-4-5-9-14/h6-7,10-12,14,17H,4-5,8-9H2,1-3H3,(H,20,23). The van der Waals surface area contributed by atoms with Gasteiger partial charge in [-0.15, -0.1) is 0 Å². The van der Waals surface area contributed by atoms with Gasteiger partial charge in [0.15, 0.2) is 11.9 Å². The minimum Gasteiger partial charge on any atom is -0.453 e. The molecule has 0 bridgehead atoms. The molecule has 6 nitrogen and oxygen atoms in total. The first kappa shape index (κ1) is 17.5. The van der Waals surface area contributed by atoms with E-state index in [1.807, 2.05) is 42.8 Å². The molecule has 2 aromatic rings. The molecule has 0 spiro atoms. The number of ether oxygens (including phenoxy) is 1. The SMILES string of the molecule is CC(=O)NC(C(=O)OC(C)c1nc2ccccc2n1C)C1CCCC1. The summed E-state index contributed by atoms with van der Waals surface area (Å²) in [5, 5.41) is 2.78. The van der Waals surface area contributed by atoms with Crippen LogP contribution in [0.3, 0.4) is 0 Å². The van der Waals surface area contributed by atoms with Gasteiger partial charge in [0.2, 0.25) is 5.91 Å². The molecule has 1 fully saturated rings. The molecule has 1 aromatic carbocycles. The largest absolute Gasteiger partial charge is 0.453 e. The fraction of sp³-hybridized carbons (Fsp3) is 0.526. The van der Waals surface area contributed by atoms with E-state index >= 15 is 0 Å². The van der Waals surface area contributed by atoms with Gasteiger partial charge in [0, 0.05) is 14.0 Å². The summed E-state index contributed by atoms with van der Waals surface area (Å²) in [4.78, 5) is 28.8. The second-order valence-corrected chi connectivity index (χ2v) is 6.82. The Kier molecular flexibility index (Phi) is 5.06. The van der Waals surface area contributed by atoms with Gasteiger partial charge in [0.05, 0.1) is 11.0 Å². The highest BCUT2D eigenvalue weighted by Gasteiger charge is 2.34. The smallest absolute Gasteiger partial charge is 0.329 e. The molecule has 1 saturated carbocycles. The first-order chi connectivity index (χ1) is 12.0. The number of nitrogens with one attached hydrogen (secondary N) is 1. The van der Waals surface area contributed by atoms with Gasteiger partial charge in [-0.1, -0.05) is 25.0 Å². The predicted octanol–water partition coefficient (Wildman–Crippen LogP) is 2.87. The van der Waals surface area contributed by atoms with Crippen molar-refractivity contribution in [3.8, 4) is 0 Å². The van der Waals surface area contributed by atoms with E-state index in [1.165, 1.54) is 6.92 Å². The van der Waals surface area contributed by atoms with Crippen LogP contribution in [-0.2, 0) is 21.4 Å². The number of benzene rings is 1. The minimum atomic E-state index is -0.572. The third kappa shape index (κ3) is 3.67. The molecule has 1 N–H and O–H groups in total. The maximum atomic E-state index is 12.7. The fourth-order valence-electron chi connectivity index (χ4n) is 3.71. The number of carbonyl (C=O) groups is 2. The molecule has 1 aliphatic rings. The minimum absolute atomic E-state index is 0.157. The molecule has 0 aliphatic heterocycles. The first-order valence-electron chi connectivity index (χ1n) is 8.86. The van der Waals surface area contributed by atoms with Crippen molar-refractivity contribution < 1.29 is 14.3 Å². The molecule has 25 heavy (non-hydrogen) atoms. The maximum absolute atomic E-state index is 12.7. The normalized spacial score (nSPS) is 17.4. The van der Waals surface area contributed by atoms with Crippen LogP contribution in [0.5, 0.6) is 0 Å². The van der Waals surface area contributed by atoms with E-state index in [2.05, 4.69) is 10.3 Å². The van der Waals surface area contributed by atoms with Crippen molar-refractivity contribution in [2.45, 2.75) is 51.7 Å². The summed E-state index contributed by atoms with van der Waals surface area (Å²) in [6.45, 7) is 3.25. The monoisotopic (exact) mass is 343 g/mol. The topological polar surface area (TPSA) is 73.2 Å². The molecular weight excluding hydrogens is 318 g/mol. The van der Waals surface area contributed by atoms with E-state index < -0.39 is 12.1 Å².